The van der Waals surface area contributed by atoms with E-state index in [9.17, 15) is 30.0 Å². The molecule has 6 heteroatoms. The van der Waals surface area contributed by atoms with E-state index in [1.165, 1.54) is 0 Å². The Hall–Kier alpha value is -1.34. The first-order valence-electron chi connectivity index (χ1n) is 9.76. The maximum absolute atomic E-state index is 12.4. The molecule has 8 atom stereocenters. The van der Waals surface area contributed by atoms with Crippen LogP contribution in [0.2, 0.25) is 0 Å². The van der Waals surface area contributed by atoms with Gasteiger partial charge >= 0.3 is 0 Å². The number of carbonyl (C=O) groups excluding carboxylic acids is 2. The Bertz CT molecular complexity index is 756. The Morgan fingerprint density at radius 2 is 2.00 bits per heavy atom. The molecule has 4 aliphatic rings. The van der Waals surface area contributed by atoms with Crippen LogP contribution in [0.25, 0.3) is 0 Å². The van der Waals surface area contributed by atoms with Gasteiger partial charge in [-0.15, -0.1) is 0 Å². The predicted molar refractivity (Wildman–Crippen MR) is 96.4 cm³/mol. The monoisotopic (exact) mass is 376 g/mol. The van der Waals surface area contributed by atoms with Crippen LogP contribution in [0.4, 0.5) is 0 Å². The van der Waals surface area contributed by atoms with E-state index >= 15 is 0 Å². The molecule has 4 rings (SSSR count). The first kappa shape index (κ1) is 19.0. The predicted octanol–water partition coefficient (Wildman–Crippen LogP) is 0.528. The van der Waals surface area contributed by atoms with Crippen LogP contribution in [0.5, 0.6) is 0 Å². The van der Waals surface area contributed by atoms with Crippen LogP contribution in [0.1, 0.15) is 39.5 Å². The molecule has 0 saturated heterocycles. The third kappa shape index (κ3) is 2.21. The molecule has 0 heterocycles. The van der Waals surface area contributed by atoms with Crippen molar-refractivity contribution >= 4 is 11.6 Å². The van der Waals surface area contributed by atoms with E-state index < -0.39 is 41.0 Å². The highest BCUT2D eigenvalue weighted by molar-refractivity contribution is 6.01. The summed E-state index contributed by atoms with van der Waals surface area (Å²) in [4.78, 5) is 24.2. The van der Waals surface area contributed by atoms with Crippen molar-refractivity contribution in [2.45, 2.75) is 57.3 Å². The molecule has 0 radical (unpaired) electrons. The first-order chi connectivity index (χ1) is 12.6. The van der Waals surface area contributed by atoms with Gasteiger partial charge in [0.2, 0.25) is 0 Å². The Morgan fingerprint density at radius 3 is 2.67 bits per heavy atom. The minimum absolute atomic E-state index is 0.00826. The second-order valence-electron chi connectivity index (χ2n) is 9.31. The van der Waals surface area contributed by atoms with Crippen LogP contribution in [-0.4, -0.2) is 56.4 Å². The molecular weight excluding hydrogens is 348 g/mol. The summed E-state index contributed by atoms with van der Waals surface area (Å²) in [5.74, 6) is -1.09. The van der Waals surface area contributed by atoms with Crippen molar-refractivity contribution in [2.24, 2.45) is 28.6 Å². The number of fused-ring (bicyclic) bond motifs is 5. The molecule has 27 heavy (non-hydrogen) atoms. The number of ketones is 2. The van der Waals surface area contributed by atoms with Crippen molar-refractivity contribution in [1.82, 2.24) is 0 Å². The van der Waals surface area contributed by atoms with Crippen molar-refractivity contribution in [3.8, 4) is 0 Å². The summed E-state index contributed by atoms with van der Waals surface area (Å²) < 4.78 is 0. The number of aliphatic hydroxyl groups excluding tert-OH is 3. The summed E-state index contributed by atoms with van der Waals surface area (Å²) in [7, 11) is 0. The van der Waals surface area contributed by atoms with Crippen LogP contribution in [0.15, 0.2) is 23.8 Å². The van der Waals surface area contributed by atoms with E-state index in [0.29, 0.717) is 0 Å². The Kier molecular flexibility index (Phi) is 4.10. The Balaban J connectivity index is 1.78. The van der Waals surface area contributed by atoms with E-state index in [0.717, 1.165) is 18.4 Å². The lowest BCUT2D eigenvalue weighted by atomic mass is 9.46. The third-order valence-corrected chi connectivity index (χ3v) is 8.28. The minimum Gasteiger partial charge on any atom is -0.393 e. The van der Waals surface area contributed by atoms with Crippen LogP contribution in [-0.2, 0) is 9.59 Å². The lowest BCUT2D eigenvalue weighted by Crippen LogP contribution is -2.63. The average Bonchev–Trinajstić information content (AvgIpc) is 2.82. The number of Topliss-reactive ketones (excluding diaryl/α,β-unsaturated/α-hetero) is 1. The summed E-state index contributed by atoms with van der Waals surface area (Å²) in [5, 5.41) is 42.3. The van der Waals surface area contributed by atoms with Crippen LogP contribution in [0.3, 0.4) is 0 Å². The second kappa shape index (κ2) is 5.83. The summed E-state index contributed by atoms with van der Waals surface area (Å²) >= 11 is 0. The maximum atomic E-state index is 12.4. The zero-order valence-electron chi connectivity index (χ0n) is 15.8. The van der Waals surface area contributed by atoms with Gasteiger partial charge in [-0.1, -0.05) is 25.5 Å². The lowest BCUT2D eigenvalue weighted by molar-refractivity contribution is -0.190. The first-order valence-corrected chi connectivity index (χ1v) is 9.76. The van der Waals surface area contributed by atoms with E-state index in [2.05, 4.69) is 0 Å². The number of hydrogen-bond acceptors (Lipinski definition) is 6. The van der Waals surface area contributed by atoms with E-state index in [1.807, 2.05) is 13.0 Å². The smallest absolute Gasteiger partial charge is 0.192 e. The summed E-state index contributed by atoms with van der Waals surface area (Å²) in [6.45, 7) is 2.96. The fourth-order valence-corrected chi connectivity index (χ4v) is 6.96. The van der Waals surface area contributed by atoms with Crippen molar-refractivity contribution < 1.29 is 30.0 Å². The molecule has 3 fully saturated rings. The maximum Gasteiger partial charge on any atom is 0.192 e. The van der Waals surface area contributed by atoms with Gasteiger partial charge in [-0.2, -0.15) is 0 Å². The van der Waals surface area contributed by atoms with Gasteiger partial charge in [0.1, 0.15) is 6.61 Å². The number of allylic oxidation sites excluding steroid dienone is 4. The van der Waals surface area contributed by atoms with E-state index in [4.69, 9.17) is 0 Å². The SMILES string of the molecule is C[C@]12C=CC(=O)C=C1CC[C@H]1[C@H]2[C@@H](O)C[C@@]2(C)[C@@H]1C[C@@H](O)[C@@]2(O)C(=O)CO. The fraction of sp³-hybridized carbons (Fsp3) is 0.714. The van der Waals surface area contributed by atoms with Gasteiger partial charge in [0.15, 0.2) is 17.2 Å². The molecule has 4 N–H and O–H groups in total. The number of aliphatic hydroxyl groups is 4. The van der Waals surface area contributed by atoms with Crippen LogP contribution >= 0.6 is 0 Å². The van der Waals surface area contributed by atoms with Crippen molar-refractivity contribution in [3.05, 3.63) is 23.8 Å². The molecule has 0 aromatic carbocycles. The Labute approximate surface area is 158 Å². The van der Waals surface area contributed by atoms with Gasteiger partial charge in [0.25, 0.3) is 0 Å². The lowest BCUT2D eigenvalue weighted by Gasteiger charge is -2.59. The molecule has 4 aliphatic carbocycles. The number of hydrogen-bond donors (Lipinski definition) is 4. The molecular formula is C21H28O6. The molecule has 148 valence electrons. The van der Waals surface area contributed by atoms with Crippen molar-refractivity contribution in [1.29, 1.82) is 0 Å². The Morgan fingerprint density at radius 1 is 1.30 bits per heavy atom. The van der Waals surface area contributed by atoms with Gasteiger partial charge in [-0.05, 0) is 49.7 Å². The quantitative estimate of drug-likeness (QED) is 0.559. The van der Waals surface area contributed by atoms with Crippen LogP contribution < -0.4 is 0 Å². The summed E-state index contributed by atoms with van der Waals surface area (Å²) in [5.41, 5.74) is -2.46. The molecule has 0 bridgehead atoms. The highest BCUT2D eigenvalue weighted by atomic mass is 16.4. The largest absolute Gasteiger partial charge is 0.393 e. The van der Waals surface area contributed by atoms with Crippen molar-refractivity contribution in [2.75, 3.05) is 6.61 Å². The molecule has 0 aliphatic heterocycles. The van der Waals surface area contributed by atoms with Crippen molar-refractivity contribution in [3.63, 3.8) is 0 Å². The average molecular weight is 376 g/mol. The normalized spacial score (nSPS) is 51.3. The molecule has 0 aromatic rings. The van der Waals surface area contributed by atoms with Gasteiger partial charge in [-0.3, -0.25) is 9.59 Å². The zero-order chi connectivity index (χ0) is 19.8. The van der Waals surface area contributed by atoms with Gasteiger partial charge in [0, 0.05) is 16.7 Å². The molecule has 6 nitrogen and oxygen atoms in total. The topological polar surface area (TPSA) is 115 Å². The number of carbonyl (C=O) groups is 2. The third-order valence-electron chi connectivity index (χ3n) is 8.28. The van der Waals surface area contributed by atoms with Gasteiger partial charge in [0.05, 0.1) is 12.2 Å². The fourth-order valence-electron chi connectivity index (χ4n) is 6.96. The standard InChI is InChI=1S/C21H28O6/c1-19-6-5-12(23)7-11(19)3-4-13-14-8-16(25)21(27,17(26)10-22)20(14,2)9-15(24)18(13)19/h5-7,13-16,18,22,24-25,27H,3-4,8-10H2,1-2H3/t13-,14-,15+,16-,18+,19+,20+,21-/m1/s1. The molecule has 3 saturated carbocycles. The molecule has 0 unspecified atom stereocenters. The number of rotatable bonds is 2. The highest BCUT2D eigenvalue weighted by Gasteiger charge is 2.71. The van der Waals surface area contributed by atoms with Gasteiger partial charge < -0.3 is 20.4 Å². The van der Waals surface area contributed by atoms with E-state index in [1.54, 1.807) is 19.1 Å². The second-order valence-corrected chi connectivity index (χ2v) is 9.31. The molecule has 0 spiro atoms. The molecule has 0 aromatic heterocycles. The van der Waals surface area contributed by atoms with Crippen LogP contribution in [0, 0.1) is 28.6 Å². The zero-order valence-corrected chi connectivity index (χ0v) is 15.8. The summed E-state index contributed by atoms with van der Waals surface area (Å²) in [6.07, 6.45) is 4.97. The van der Waals surface area contributed by atoms with Gasteiger partial charge in [-0.25, -0.2) is 0 Å². The van der Waals surface area contributed by atoms with E-state index in [-0.39, 0.29) is 36.4 Å². The summed E-state index contributed by atoms with van der Waals surface area (Å²) in [6, 6.07) is 0. The molecule has 0 amide bonds. The highest BCUT2D eigenvalue weighted by Crippen LogP contribution is 2.67. The minimum atomic E-state index is -2.05.